The molecule has 84 valence electrons. The van der Waals surface area contributed by atoms with Crippen LogP contribution >= 0.6 is 0 Å². The Labute approximate surface area is 90.5 Å². The number of nitrogens with zero attached hydrogens (tertiary/aromatic N) is 4. The van der Waals surface area contributed by atoms with Crippen LogP contribution in [0.25, 0.3) is 0 Å². The van der Waals surface area contributed by atoms with Gasteiger partial charge in [0.1, 0.15) is 0 Å². The van der Waals surface area contributed by atoms with Crippen LogP contribution in [-0.2, 0) is 6.54 Å². The van der Waals surface area contributed by atoms with Crippen LogP contribution in [0.15, 0.2) is 12.4 Å². The Hall–Kier alpha value is -0.940. The number of likely N-dealkylation sites (tertiary alicyclic amines) is 1. The topological polar surface area (TPSA) is 46.0 Å². The van der Waals surface area contributed by atoms with E-state index in [1.54, 1.807) is 6.20 Å². The lowest BCUT2D eigenvalue weighted by Crippen LogP contribution is -2.45. The molecule has 0 radical (unpaired) electrons. The molecular formula is C10H19N5. The monoisotopic (exact) mass is 209 g/mol. The minimum Gasteiger partial charge on any atom is -0.316 e. The Morgan fingerprint density at radius 1 is 1.47 bits per heavy atom. The second kappa shape index (κ2) is 5.23. The lowest BCUT2D eigenvalue weighted by atomic mass is 10.1. The van der Waals surface area contributed by atoms with Gasteiger partial charge in [0, 0.05) is 25.3 Å². The molecule has 1 aliphatic rings. The van der Waals surface area contributed by atoms with Gasteiger partial charge < -0.3 is 5.32 Å². The van der Waals surface area contributed by atoms with E-state index in [0.29, 0.717) is 6.04 Å². The van der Waals surface area contributed by atoms with Crippen LogP contribution in [0, 0.1) is 0 Å². The van der Waals surface area contributed by atoms with Gasteiger partial charge in [-0.3, -0.25) is 9.58 Å². The molecule has 1 aromatic rings. The van der Waals surface area contributed by atoms with Crippen LogP contribution in [0.4, 0.5) is 0 Å². The Morgan fingerprint density at radius 2 is 2.40 bits per heavy atom. The first kappa shape index (κ1) is 10.6. The summed E-state index contributed by atoms with van der Waals surface area (Å²) in [6, 6.07) is 0.662. The first-order valence-corrected chi connectivity index (χ1v) is 5.62. The van der Waals surface area contributed by atoms with Gasteiger partial charge in [-0.2, -0.15) is 0 Å². The van der Waals surface area contributed by atoms with Crippen LogP contribution in [0.2, 0.25) is 0 Å². The number of hydrogen-bond donors (Lipinski definition) is 1. The SMILES string of the molecule is CNC1CCCN(CCn2ccnn2)C1. The van der Waals surface area contributed by atoms with Crippen LogP contribution in [0.1, 0.15) is 12.8 Å². The molecule has 0 spiro atoms. The molecule has 1 aromatic heterocycles. The molecular weight excluding hydrogens is 190 g/mol. The van der Waals surface area contributed by atoms with Gasteiger partial charge in [-0.05, 0) is 26.4 Å². The van der Waals surface area contributed by atoms with Crippen molar-refractivity contribution in [1.29, 1.82) is 0 Å². The second-order valence-electron chi connectivity index (χ2n) is 4.09. The van der Waals surface area contributed by atoms with Crippen molar-refractivity contribution in [1.82, 2.24) is 25.2 Å². The number of hydrogen-bond acceptors (Lipinski definition) is 4. The highest BCUT2D eigenvalue weighted by Gasteiger charge is 2.17. The summed E-state index contributed by atoms with van der Waals surface area (Å²) in [6.07, 6.45) is 6.24. The summed E-state index contributed by atoms with van der Waals surface area (Å²) in [5.41, 5.74) is 0. The van der Waals surface area contributed by atoms with Gasteiger partial charge in [0.2, 0.25) is 0 Å². The van der Waals surface area contributed by atoms with Crippen molar-refractivity contribution in [3.63, 3.8) is 0 Å². The molecule has 0 bridgehead atoms. The Morgan fingerprint density at radius 3 is 3.13 bits per heavy atom. The van der Waals surface area contributed by atoms with Crippen molar-refractivity contribution in [2.24, 2.45) is 0 Å². The molecule has 1 aliphatic heterocycles. The summed E-state index contributed by atoms with van der Waals surface area (Å²) >= 11 is 0. The quantitative estimate of drug-likeness (QED) is 0.756. The highest BCUT2D eigenvalue weighted by atomic mass is 15.4. The minimum atomic E-state index is 0.662. The average molecular weight is 209 g/mol. The number of aromatic nitrogens is 3. The molecule has 0 amide bonds. The van der Waals surface area contributed by atoms with Gasteiger partial charge in [0.25, 0.3) is 0 Å². The minimum absolute atomic E-state index is 0.662. The molecule has 5 heteroatoms. The summed E-state index contributed by atoms with van der Waals surface area (Å²) in [7, 11) is 2.05. The summed E-state index contributed by atoms with van der Waals surface area (Å²) in [6.45, 7) is 4.38. The van der Waals surface area contributed by atoms with Crippen LogP contribution in [-0.4, -0.2) is 52.6 Å². The molecule has 2 rings (SSSR count). The van der Waals surface area contributed by atoms with Gasteiger partial charge in [0.15, 0.2) is 0 Å². The predicted molar refractivity (Wildman–Crippen MR) is 58.5 cm³/mol. The third kappa shape index (κ3) is 3.00. The van der Waals surface area contributed by atoms with E-state index in [0.717, 1.165) is 19.6 Å². The fourth-order valence-corrected chi connectivity index (χ4v) is 2.09. The highest BCUT2D eigenvalue weighted by Crippen LogP contribution is 2.09. The predicted octanol–water partition coefficient (Wildman–Crippen LogP) is -0.0381. The molecule has 1 unspecified atom stereocenters. The van der Waals surface area contributed by atoms with Gasteiger partial charge in [-0.25, -0.2) is 0 Å². The lowest BCUT2D eigenvalue weighted by Gasteiger charge is -2.32. The zero-order chi connectivity index (χ0) is 10.5. The third-order valence-electron chi connectivity index (χ3n) is 3.03. The molecule has 0 aliphatic carbocycles. The van der Waals surface area contributed by atoms with E-state index < -0.39 is 0 Å². The fraction of sp³-hybridized carbons (Fsp3) is 0.800. The van der Waals surface area contributed by atoms with Crippen molar-refractivity contribution in [3.05, 3.63) is 12.4 Å². The number of nitrogens with one attached hydrogen (secondary N) is 1. The first-order valence-electron chi connectivity index (χ1n) is 5.62. The van der Waals surface area contributed by atoms with Crippen LogP contribution in [0.3, 0.4) is 0 Å². The number of piperidine rings is 1. The van der Waals surface area contributed by atoms with E-state index in [1.807, 2.05) is 17.9 Å². The Kier molecular flexibility index (Phi) is 3.69. The van der Waals surface area contributed by atoms with E-state index in [-0.39, 0.29) is 0 Å². The molecule has 1 atom stereocenters. The summed E-state index contributed by atoms with van der Waals surface area (Å²) in [5.74, 6) is 0. The van der Waals surface area contributed by atoms with Crippen LogP contribution < -0.4 is 5.32 Å². The van der Waals surface area contributed by atoms with Gasteiger partial charge >= 0.3 is 0 Å². The highest BCUT2D eigenvalue weighted by molar-refractivity contribution is 4.77. The molecule has 5 nitrogen and oxygen atoms in total. The number of rotatable bonds is 4. The van der Waals surface area contributed by atoms with Gasteiger partial charge in [-0.15, -0.1) is 5.10 Å². The van der Waals surface area contributed by atoms with E-state index in [9.17, 15) is 0 Å². The zero-order valence-corrected chi connectivity index (χ0v) is 9.26. The normalized spacial score (nSPS) is 23.1. The summed E-state index contributed by atoms with van der Waals surface area (Å²) in [4.78, 5) is 2.49. The molecule has 1 fully saturated rings. The van der Waals surface area contributed by atoms with Gasteiger partial charge in [-0.1, -0.05) is 5.21 Å². The molecule has 2 heterocycles. The van der Waals surface area contributed by atoms with E-state index in [1.165, 1.54) is 19.4 Å². The maximum absolute atomic E-state index is 3.96. The zero-order valence-electron chi connectivity index (χ0n) is 9.26. The second-order valence-corrected chi connectivity index (χ2v) is 4.09. The molecule has 0 saturated carbocycles. The van der Waals surface area contributed by atoms with Gasteiger partial charge in [0.05, 0.1) is 12.7 Å². The molecule has 15 heavy (non-hydrogen) atoms. The first-order chi connectivity index (χ1) is 7.38. The maximum atomic E-state index is 3.96. The van der Waals surface area contributed by atoms with E-state index >= 15 is 0 Å². The Bertz CT molecular complexity index is 271. The molecule has 0 aromatic carbocycles. The van der Waals surface area contributed by atoms with Crippen molar-refractivity contribution in [2.75, 3.05) is 26.7 Å². The molecule has 1 N–H and O–H groups in total. The molecule has 1 saturated heterocycles. The lowest BCUT2D eigenvalue weighted by molar-refractivity contribution is 0.186. The summed E-state index contributed by atoms with van der Waals surface area (Å²) in [5, 5.41) is 11.1. The standard InChI is InChI=1S/C10H19N5/c1-11-10-3-2-5-14(9-10)7-8-15-6-4-12-13-15/h4,6,10-11H,2-3,5,7-9H2,1H3. The van der Waals surface area contributed by atoms with E-state index in [2.05, 4.69) is 20.5 Å². The Balaban J connectivity index is 1.74. The summed E-state index contributed by atoms with van der Waals surface area (Å²) < 4.78 is 1.89. The number of likely N-dealkylation sites (N-methyl/N-ethyl adjacent to an activating group) is 1. The third-order valence-corrected chi connectivity index (χ3v) is 3.03. The van der Waals surface area contributed by atoms with Crippen molar-refractivity contribution in [2.45, 2.75) is 25.4 Å². The maximum Gasteiger partial charge on any atom is 0.0692 e. The van der Waals surface area contributed by atoms with Crippen molar-refractivity contribution in [3.8, 4) is 0 Å². The average Bonchev–Trinajstić information content (AvgIpc) is 2.79. The fourth-order valence-electron chi connectivity index (χ4n) is 2.09. The van der Waals surface area contributed by atoms with Crippen molar-refractivity contribution >= 4 is 0 Å². The van der Waals surface area contributed by atoms with Crippen molar-refractivity contribution < 1.29 is 0 Å². The smallest absolute Gasteiger partial charge is 0.0692 e. The van der Waals surface area contributed by atoms with E-state index in [4.69, 9.17) is 0 Å². The van der Waals surface area contributed by atoms with Crippen LogP contribution in [0.5, 0.6) is 0 Å². The largest absolute Gasteiger partial charge is 0.316 e.